The smallest absolute Gasteiger partial charge is 0.0711 e. The van der Waals surface area contributed by atoms with E-state index in [9.17, 15) is 0 Å². The van der Waals surface area contributed by atoms with Gasteiger partial charge in [0.25, 0.3) is 0 Å². The van der Waals surface area contributed by atoms with Crippen molar-refractivity contribution in [2.75, 3.05) is 0 Å². The van der Waals surface area contributed by atoms with E-state index in [1.165, 1.54) is 0 Å². The van der Waals surface area contributed by atoms with Crippen LogP contribution in [0.3, 0.4) is 0 Å². The van der Waals surface area contributed by atoms with Gasteiger partial charge in [0.05, 0.1) is 5.69 Å². The second kappa shape index (κ2) is 2.85. The Morgan fingerprint density at radius 1 is 1.33 bits per heavy atom. The first kappa shape index (κ1) is 7.16. The summed E-state index contributed by atoms with van der Waals surface area (Å²) < 4.78 is 0. The fourth-order valence-corrected chi connectivity index (χ4v) is 1.19. The molecule has 0 aliphatic carbocycles. The minimum absolute atomic E-state index is 0.0891. The molecular weight excluding hydrogens is 150 g/mol. The van der Waals surface area contributed by atoms with Crippen molar-refractivity contribution in [2.24, 2.45) is 0 Å². The Hall–Kier alpha value is -1.51. The molecule has 0 aliphatic rings. The van der Waals surface area contributed by atoms with Crippen LogP contribution in [0.1, 0.15) is 17.3 Å². The highest BCUT2D eigenvalue weighted by Gasteiger charge is 2.09. The molecule has 0 bridgehead atoms. The molecule has 1 unspecified atom stereocenters. The summed E-state index contributed by atoms with van der Waals surface area (Å²) in [5, 5.41) is 6.83. The summed E-state index contributed by atoms with van der Waals surface area (Å²) in [7, 11) is 0. The zero-order valence-corrected chi connectivity index (χ0v) is 6.62. The van der Waals surface area contributed by atoms with Gasteiger partial charge in [-0.2, -0.15) is 5.10 Å². The lowest BCUT2D eigenvalue weighted by molar-refractivity contribution is 0.892. The van der Waals surface area contributed by atoms with E-state index >= 15 is 0 Å². The Balaban J connectivity index is 2.27. The van der Waals surface area contributed by atoms with Crippen molar-refractivity contribution in [3.63, 3.8) is 0 Å². The summed E-state index contributed by atoms with van der Waals surface area (Å²) in [6.07, 6.45) is 3.69. The third-order valence-electron chi connectivity index (χ3n) is 1.88. The zero-order valence-electron chi connectivity index (χ0n) is 6.62. The lowest BCUT2D eigenvalue weighted by Gasteiger charge is -2.04. The molecule has 0 spiro atoms. The van der Waals surface area contributed by atoms with Gasteiger partial charge in [0.15, 0.2) is 0 Å². The Labute approximate surface area is 70.8 Å². The van der Waals surface area contributed by atoms with Crippen molar-refractivity contribution in [2.45, 2.75) is 5.92 Å². The number of hydrogen-bond donors (Lipinski definition) is 2. The number of hydrogen-bond acceptors (Lipinski definition) is 1. The second-order valence-electron chi connectivity index (χ2n) is 2.68. The van der Waals surface area contributed by atoms with Crippen LogP contribution in [0.15, 0.2) is 30.6 Å². The predicted octanol–water partition coefficient (Wildman–Crippen LogP) is 1.70. The Morgan fingerprint density at radius 2 is 2.25 bits per heavy atom. The van der Waals surface area contributed by atoms with Crippen molar-refractivity contribution in [3.8, 4) is 0 Å². The lowest BCUT2D eigenvalue weighted by Crippen LogP contribution is -1.96. The third-order valence-corrected chi connectivity index (χ3v) is 1.88. The fourth-order valence-electron chi connectivity index (χ4n) is 1.19. The van der Waals surface area contributed by atoms with Crippen molar-refractivity contribution in [1.29, 1.82) is 0 Å². The SMILES string of the molecule is [CH2]C(c1cc[nH]n1)c1ccc[nH]1. The van der Waals surface area contributed by atoms with Crippen molar-refractivity contribution < 1.29 is 0 Å². The van der Waals surface area contributed by atoms with E-state index in [0.29, 0.717) is 0 Å². The molecule has 0 aromatic carbocycles. The number of rotatable bonds is 2. The third kappa shape index (κ3) is 1.13. The molecule has 0 fully saturated rings. The molecule has 0 saturated heterocycles. The average molecular weight is 160 g/mol. The van der Waals surface area contributed by atoms with Crippen LogP contribution in [0.25, 0.3) is 0 Å². The number of H-pyrrole nitrogens is 2. The summed E-state index contributed by atoms with van der Waals surface area (Å²) in [5.74, 6) is 0.0891. The maximum absolute atomic E-state index is 4.06. The van der Waals surface area contributed by atoms with Crippen LogP contribution in [0.4, 0.5) is 0 Å². The standard InChI is InChI=1S/C9H10N3/c1-7(8-3-2-5-10-8)9-4-6-11-12-9/h2-7,10H,1H2,(H,11,12). The van der Waals surface area contributed by atoms with Crippen LogP contribution in [-0.2, 0) is 0 Å². The van der Waals surface area contributed by atoms with Crippen molar-refractivity contribution in [3.05, 3.63) is 48.9 Å². The van der Waals surface area contributed by atoms with Gasteiger partial charge >= 0.3 is 0 Å². The molecule has 1 atom stereocenters. The maximum Gasteiger partial charge on any atom is 0.0711 e. The predicted molar refractivity (Wildman–Crippen MR) is 46.6 cm³/mol. The quantitative estimate of drug-likeness (QED) is 0.690. The van der Waals surface area contributed by atoms with Crippen LogP contribution in [0.5, 0.6) is 0 Å². The first-order valence-corrected chi connectivity index (χ1v) is 3.84. The lowest BCUT2D eigenvalue weighted by atomic mass is 10.1. The minimum Gasteiger partial charge on any atom is -0.364 e. The second-order valence-corrected chi connectivity index (χ2v) is 2.68. The van der Waals surface area contributed by atoms with Crippen LogP contribution in [-0.4, -0.2) is 15.2 Å². The highest BCUT2D eigenvalue weighted by atomic mass is 15.1. The summed E-state index contributed by atoms with van der Waals surface area (Å²) in [5.41, 5.74) is 2.04. The molecule has 61 valence electrons. The fraction of sp³-hybridized carbons (Fsp3) is 0.111. The van der Waals surface area contributed by atoms with Gasteiger partial charge in [-0.3, -0.25) is 5.10 Å². The first-order valence-electron chi connectivity index (χ1n) is 3.84. The highest BCUT2D eigenvalue weighted by Crippen LogP contribution is 2.18. The molecule has 0 amide bonds. The molecule has 2 heterocycles. The van der Waals surface area contributed by atoms with E-state index in [2.05, 4.69) is 22.1 Å². The number of aromatic amines is 2. The number of nitrogens with one attached hydrogen (secondary N) is 2. The van der Waals surface area contributed by atoms with E-state index in [0.717, 1.165) is 11.4 Å². The van der Waals surface area contributed by atoms with E-state index < -0.39 is 0 Å². The van der Waals surface area contributed by atoms with E-state index in [1.807, 2.05) is 24.4 Å². The summed E-state index contributed by atoms with van der Waals surface area (Å²) in [4.78, 5) is 3.11. The van der Waals surface area contributed by atoms with E-state index in [-0.39, 0.29) is 5.92 Å². The molecule has 3 heteroatoms. The van der Waals surface area contributed by atoms with Gasteiger partial charge in [0, 0.05) is 24.0 Å². The molecule has 0 saturated carbocycles. The monoisotopic (exact) mass is 160 g/mol. The molecule has 3 nitrogen and oxygen atoms in total. The zero-order chi connectivity index (χ0) is 8.39. The van der Waals surface area contributed by atoms with Gasteiger partial charge < -0.3 is 4.98 Å². The van der Waals surface area contributed by atoms with Crippen molar-refractivity contribution in [1.82, 2.24) is 15.2 Å². The van der Waals surface area contributed by atoms with E-state index in [1.54, 1.807) is 6.20 Å². The topological polar surface area (TPSA) is 44.5 Å². The van der Waals surface area contributed by atoms with Crippen LogP contribution >= 0.6 is 0 Å². The van der Waals surface area contributed by atoms with Crippen LogP contribution in [0.2, 0.25) is 0 Å². The molecule has 12 heavy (non-hydrogen) atoms. The minimum atomic E-state index is 0.0891. The van der Waals surface area contributed by atoms with Gasteiger partial charge in [-0.05, 0) is 25.1 Å². The Kier molecular flexibility index (Phi) is 1.70. The van der Waals surface area contributed by atoms with Gasteiger partial charge in [-0.15, -0.1) is 0 Å². The maximum atomic E-state index is 4.06. The molecule has 2 rings (SSSR count). The Bertz CT molecular complexity index is 286. The highest BCUT2D eigenvalue weighted by molar-refractivity contribution is 5.22. The molecule has 2 N–H and O–H groups in total. The van der Waals surface area contributed by atoms with Crippen LogP contribution < -0.4 is 0 Å². The molecule has 2 aromatic heterocycles. The first-order chi connectivity index (χ1) is 5.88. The molecule has 2 aromatic rings. The Morgan fingerprint density at radius 3 is 2.83 bits per heavy atom. The molecular formula is C9H10N3. The average Bonchev–Trinajstić information content (AvgIpc) is 2.77. The summed E-state index contributed by atoms with van der Waals surface area (Å²) >= 11 is 0. The number of aromatic nitrogens is 3. The van der Waals surface area contributed by atoms with Gasteiger partial charge in [0.1, 0.15) is 0 Å². The van der Waals surface area contributed by atoms with Crippen molar-refractivity contribution >= 4 is 0 Å². The summed E-state index contributed by atoms with van der Waals surface area (Å²) in [6, 6.07) is 5.89. The van der Waals surface area contributed by atoms with Gasteiger partial charge in [-0.1, -0.05) is 0 Å². The largest absolute Gasteiger partial charge is 0.364 e. The van der Waals surface area contributed by atoms with Gasteiger partial charge in [-0.25, -0.2) is 0 Å². The normalized spacial score (nSPS) is 13.1. The van der Waals surface area contributed by atoms with E-state index in [4.69, 9.17) is 0 Å². The van der Waals surface area contributed by atoms with Gasteiger partial charge in [0.2, 0.25) is 0 Å². The number of nitrogens with zero attached hydrogens (tertiary/aromatic N) is 1. The molecule has 1 radical (unpaired) electrons. The summed E-state index contributed by atoms with van der Waals surface area (Å²) in [6.45, 7) is 4.01. The van der Waals surface area contributed by atoms with Crippen LogP contribution in [0, 0.1) is 6.92 Å². The molecule has 0 aliphatic heterocycles.